The van der Waals surface area contributed by atoms with Crippen LogP contribution in [-0.2, 0) is 6.54 Å². The Morgan fingerprint density at radius 1 is 1.64 bits per heavy atom. The quantitative estimate of drug-likeness (QED) is 0.766. The first kappa shape index (κ1) is 9.97. The molecule has 0 unspecified atom stereocenters. The Morgan fingerprint density at radius 2 is 2.50 bits per heavy atom. The highest BCUT2D eigenvalue weighted by atomic mass is 32.2. The van der Waals surface area contributed by atoms with Gasteiger partial charge >= 0.3 is 0 Å². The minimum Gasteiger partial charge on any atom is -0.396 e. The summed E-state index contributed by atoms with van der Waals surface area (Å²) < 4.78 is 2.00. The van der Waals surface area contributed by atoms with Crippen molar-refractivity contribution in [2.75, 3.05) is 12.4 Å². The van der Waals surface area contributed by atoms with Crippen LogP contribution in [0.2, 0.25) is 0 Å². The number of aromatic nitrogens is 2. The fourth-order valence-corrected chi connectivity index (χ4v) is 2.83. The molecule has 0 aliphatic carbocycles. The van der Waals surface area contributed by atoms with Gasteiger partial charge in [0.1, 0.15) is 5.03 Å². The number of thioether (sulfide) groups is 1. The van der Waals surface area contributed by atoms with Crippen molar-refractivity contribution in [1.82, 2.24) is 9.38 Å². The van der Waals surface area contributed by atoms with Crippen molar-refractivity contribution in [2.24, 2.45) is 5.73 Å². The molecular weight excluding hydrogens is 218 g/mol. The van der Waals surface area contributed by atoms with Crippen LogP contribution in [0, 0.1) is 0 Å². The first-order chi connectivity index (χ1) is 6.86. The van der Waals surface area contributed by atoms with Gasteiger partial charge in [0.2, 0.25) is 0 Å². The molecule has 6 heteroatoms. The number of aliphatic hydroxyl groups excluding tert-OH is 1. The third-order valence-electron chi connectivity index (χ3n) is 1.85. The molecule has 2 aromatic rings. The van der Waals surface area contributed by atoms with Crippen LogP contribution in [0.4, 0.5) is 0 Å². The Bertz CT molecular complexity index is 423. The van der Waals surface area contributed by atoms with Gasteiger partial charge in [-0.25, -0.2) is 4.98 Å². The zero-order valence-corrected chi connectivity index (χ0v) is 9.14. The summed E-state index contributed by atoms with van der Waals surface area (Å²) in [4.78, 5) is 5.40. The van der Waals surface area contributed by atoms with Gasteiger partial charge < -0.3 is 10.8 Å². The first-order valence-electron chi connectivity index (χ1n) is 4.25. The van der Waals surface area contributed by atoms with E-state index < -0.39 is 0 Å². The largest absolute Gasteiger partial charge is 0.396 e. The third-order valence-corrected chi connectivity index (χ3v) is 3.59. The molecule has 76 valence electrons. The molecule has 0 aromatic carbocycles. The summed E-state index contributed by atoms with van der Waals surface area (Å²) in [5.41, 5.74) is 6.69. The van der Waals surface area contributed by atoms with E-state index in [4.69, 9.17) is 10.8 Å². The molecule has 0 radical (unpaired) electrons. The summed E-state index contributed by atoms with van der Waals surface area (Å²) in [6, 6.07) is 0. The van der Waals surface area contributed by atoms with E-state index in [9.17, 15) is 0 Å². The van der Waals surface area contributed by atoms with E-state index in [0.29, 0.717) is 12.3 Å². The first-order valence-corrected chi connectivity index (χ1v) is 6.11. The maximum Gasteiger partial charge on any atom is 0.194 e. The molecule has 0 bridgehead atoms. The van der Waals surface area contributed by atoms with E-state index in [2.05, 4.69) is 4.98 Å². The molecule has 2 heterocycles. The SMILES string of the molecule is NCc1c(SCCO)nc2sccn12. The van der Waals surface area contributed by atoms with Crippen LogP contribution in [-0.4, -0.2) is 26.9 Å². The zero-order chi connectivity index (χ0) is 9.97. The number of nitrogens with two attached hydrogens (primary N) is 1. The highest BCUT2D eigenvalue weighted by Gasteiger charge is 2.11. The Balaban J connectivity index is 2.37. The summed E-state index contributed by atoms with van der Waals surface area (Å²) in [7, 11) is 0. The second-order valence-electron chi connectivity index (χ2n) is 2.70. The Kier molecular flexibility index (Phi) is 3.07. The fraction of sp³-hybridized carbons (Fsp3) is 0.375. The second-order valence-corrected chi connectivity index (χ2v) is 4.65. The van der Waals surface area contributed by atoms with Crippen LogP contribution < -0.4 is 5.73 Å². The minimum atomic E-state index is 0.167. The maximum atomic E-state index is 8.73. The smallest absolute Gasteiger partial charge is 0.194 e. The number of nitrogens with zero attached hydrogens (tertiary/aromatic N) is 2. The van der Waals surface area contributed by atoms with E-state index in [0.717, 1.165) is 15.7 Å². The van der Waals surface area contributed by atoms with Crippen molar-refractivity contribution in [2.45, 2.75) is 11.6 Å². The zero-order valence-electron chi connectivity index (χ0n) is 7.51. The van der Waals surface area contributed by atoms with Crippen molar-refractivity contribution in [3.05, 3.63) is 17.3 Å². The number of thiazole rings is 1. The Hall–Kier alpha value is -0.560. The van der Waals surface area contributed by atoms with Gasteiger partial charge in [-0.3, -0.25) is 4.40 Å². The lowest BCUT2D eigenvalue weighted by Crippen LogP contribution is -2.01. The monoisotopic (exact) mass is 229 g/mol. The average Bonchev–Trinajstić information content (AvgIpc) is 2.73. The summed E-state index contributed by atoms with van der Waals surface area (Å²) in [6.07, 6.45) is 1.97. The van der Waals surface area contributed by atoms with Gasteiger partial charge in [0.15, 0.2) is 4.96 Å². The molecule has 0 aliphatic rings. The van der Waals surface area contributed by atoms with Gasteiger partial charge in [-0.1, -0.05) is 0 Å². The van der Waals surface area contributed by atoms with Gasteiger partial charge in [-0.05, 0) is 0 Å². The van der Waals surface area contributed by atoms with Crippen molar-refractivity contribution in [1.29, 1.82) is 0 Å². The number of aliphatic hydroxyl groups is 1. The molecular formula is C8H11N3OS2. The summed E-state index contributed by atoms with van der Waals surface area (Å²) in [5.74, 6) is 0.665. The molecule has 0 atom stereocenters. The van der Waals surface area contributed by atoms with E-state index in [-0.39, 0.29) is 6.61 Å². The third kappa shape index (κ3) is 1.66. The number of rotatable bonds is 4. The van der Waals surface area contributed by atoms with E-state index >= 15 is 0 Å². The summed E-state index contributed by atoms with van der Waals surface area (Å²) in [5, 5.41) is 11.7. The molecule has 0 fully saturated rings. The Morgan fingerprint density at radius 3 is 3.21 bits per heavy atom. The number of hydrogen-bond donors (Lipinski definition) is 2. The summed E-state index contributed by atoms with van der Waals surface area (Å²) in [6.45, 7) is 0.644. The Labute approximate surface area is 89.8 Å². The van der Waals surface area contributed by atoms with Crippen molar-refractivity contribution in [3.8, 4) is 0 Å². The molecule has 0 saturated heterocycles. The highest BCUT2D eigenvalue weighted by Crippen LogP contribution is 2.25. The van der Waals surface area contributed by atoms with Gasteiger partial charge in [-0.15, -0.1) is 23.1 Å². The molecule has 14 heavy (non-hydrogen) atoms. The molecule has 2 aromatic heterocycles. The van der Waals surface area contributed by atoms with E-state index in [1.54, 1.807) is 23.1 Å². The van der Waals surface area contributed by atoms with Crippen LogP contribution in [0.1, 0.15) is 5.69 Å². The summed E-state index contributed by atoms with van der Waals surface area (Å²) >= 11 is 3.14. The standard InChI is InChI=1S/C8H11N3OS2/c9-5-6-7(13-4-2-12)10-8-11(6)1-3-14-8/h1,3,12H,2,4-5,9H2. The average molecular weight is 229 g/mol. The fourth-order valence-electron chi connectivity index (χ4n) is 1.26. The van der Waals surface area contributed by atoms with Gasteiger partial charge in [0.25, 0.3) is 0 Å². The van der Waals surface area contributed by atoms with Gasteiger partial charge in [0.05, 0.1) is 12.3 Å². The highest BCUT2D eigenvalue weighted by molar-refractivity contribution is 7.99. The van der Waals surface area contributed by atoms with Crippen molar-refractivity contribution in [3.63, 3.8) is 0 Å². The lowest BCUT2D eigenvalue weighted by Gasteiger charge is -1.98. The predicted molar refractivity (Wildman–Crippen MR) is 58.8 cm³/mol. The lowest BCUT2D eigenvalue weighted by molar-refractivity contribution is 0.322. The molecule has 0 spiro atoms. The minimum absolute atomic E-state index is 0.167. The topological polar surface area (TPSA) is 63.5 Å². The second kappa shape index (κ2) is 4.31. The molecule has 0 amide bonds. The number of hydrogen-bond acceptors (Lipinski definition) is 5. The van der Waals surface area contributed by atoms with Crippen LogP contribution >= 0.6 is 23.1 Å². The van der Waals surface area contributed by atoms with E-state index in [1.807, 2.05) is 16.0 Å². The van der Waals surface area contributed by atoms with Crippen LogP contribution in [0.25, 0.3) is 4.96 Å². The molecule has 0 saturated carbocycles. The van der Waals surface area contributed by atoms with Gasteiger partial charge in [0, 0.05) is 23.9 Å². The van der Waals surface area contributed by atoms with Crippen molar-refractivity contribution < 1.29 is 5.11 Å². The maximum absolute atomic E-state index is 8.73. The predicted octanol–water partition coefficient (Wildman–Crippen LogP) is 0.939. The van der Waals surface area contributed by atoms with Gasteiger partial charge in [-0.2, -0.15) is 0 Å². The van der Waals surface area contributed by atoms with Crippen LogP contribution in [0.5, 0.6) is 0 Å². The van der Waals surface area contributed by atoms with Crippen LogP contribution in [0.3, 0.4) is 0 Å². The van der Waals surface area contributed by atoms with Crippen LogP contribution in [0.15, 0.2) is 16.6 Å². The van der Waals surface area contributed by atoms with E-state index in [1.165, 1.54) is 0 Å². The molecule has 4 nitrogen and oxygen atoms in total. The van der Waals surface area contributed by atoms with Crippen molar-refractivity contribution >= 4 is 28.1 Å². The number of fused-ring (bicyclic) bond motifs is 1. The molecule has 0 aliphatic heterocycles. The molecule has 2 rings (SSSR count). The number of imidazole rings is 1. The lowest BCUT2D eigenvalue weighted by atomic mass is 10.5. The normalized spacial score (nSPS) is 11.3. The molecule has 3 N–H and O–H groups in total.